The van der Waals surface area contributed by atoms with Crippen molar-refractivity contribution in [3.8, 4) is 5.75 Å². The summed E-state index contributed by atoms with van der Waals surface area (Å²) in [7, 11) is 0. The van der Waals surface area contributed by atoms with E-state index in [-0.39, 0.29) is 23.4 Å². The predicted molar refractivity (Wildman–Crippen MR) is 141 cm³/mol. The topological polar surface area (TPSA) is 9.23 Å². The average Bonchev–Trinajstić information content (AvgIpc) is 2.90. The van der Waals surface area contributed by atoms with Crippen LogP contribution >= 0.6 is 0 Å². The van der Waals surface area contributed by atoms with Crippen LogP contribution in [0.25, 0.3) is 0 Å². The Hall–Kier alpha value is -2.63. The number of allylic oxidation sites excluding steroid dienone is 4. The van der Waals surface area contributed by atoms with E-state index in [1.165, 1.54) is 0 Å². The van der Waals surface area contributed by atoms with Crippen LogP contribution in [0.1, 0.15) is 81.8 Å². The lowest BCUT2D eigenvalue weighted by Crippen LogP contribution is -2.37. The predicted octanol–water partition coefficient (Wildman–Crippen LogP) is 9.92. The molecule has 0 spiro atoms. The number of hydrogen-bond donors (Lipinski definition) is 0. The van der Waals surface area contributed by atoms with Gasteiger partial charge in [-0.2, -0.15) is 8.78 Å². The van der Waals surface area contributed by atoms with Gasteiger partial charge in [-0.05, 0) is 118 Å². The third kappa shape index (κ3) is 7.48. The molecule has 0 aromatic heterocycles. The highest BCUT2D eigenvalue weighted by Crippen LogP contribution is 2.42. The summed E-state index contributed by atoms with van der Waals surface area (Å²) in [5.74, 6) is -2.80. The van der Waals surface area contributed by atoms with Gasteiger partial charge < -0.3 is 4.74 Å². The Bertz CT molecular complexity index is 1110. The van der Waals surface area contributed by atoms with Crippen molar-refractivity contribution in [2.75, 3.05) is 0 Å². The van der Waals surface area contributed by atoms with Crippen molar-refractivity contribution < 1.29 is 26.7 Å². The molecule has 2 fully saturated rings. The molecule has 0 radical (unpaired) electrons. The number of alkyl halides is 2. The summed E-state index contributed by atoms with van der Waals surface area (Å²) in [5, 5.41) is 0. The largest absolute Gasteiger partial charge is 0.432 e. The molecule has 0 saturated heterocycles. The zero-order chi connectivity index (χ0) is 27.1. The Kier molecular flexibility index (Phi) is 9.67. The number of hydrogen-bond acceptors (Lipinski definition) is 1. The summed E-state index contributed by atoms with van der Waals surface area (Å²) in [6.45, 7) is 1.99. The first-order valence-corrected chi connectivity index (χ1v) is 13.8. The van der Waals surface area contributed by atoms with Crippen LogP contribution < -0.4 is 4.74 Å². The normalized spacial score (nSPS) is 24.8. The van der Waals surface area contributed by atoms with Crippen molar-refractivity contribution in [2.24, 2.45) is 17.8 Å². The first-order chi connectivity index (χ1) is 18.2. The molecule has 2 saturated carbocycles. The second-order valence-electron chi connectivity index (χ2n) is 10.8. The minimum atomic E-state index is -3.43. The molecule has 38 heavy (non-hydrogen) atoms. The highest BCUT2D eigenvalue weighted by atomic mass is 19.3. The summed E-state index contributed by atoms with van der Waals surface area (Å²) in [5.41, 5.74) is 1.86. The van der Waals surface area contributed by atoms with Gasteiger partial charge in [0.2, 0.25) is 0 Å². The summed E-state index contributed by atoms with van der Waals surface area (Å²) in [4.78, 5) is 0. The summed E-state index contributed by atoms with van der Waals surface area (Å²) < 4.78 is 75.2. The van der Waals surface area contributed by atoms with Gasteiger partial charge in [-0.1, -0.05) is 36.4 Å². The molecule has 0 N–H and O–H groups in total. The summed E-state index contributed by atoms with van der Waals surface area (Å²) >= 11 is 0. The minimum Gasteiger partial charge on any atom is -0.432 e. The van der Waals surface area contributed by atoms with Crippen molar-refractivity contribution >= 4 is 0 Å². The van der Waals surface area contributed by atoms with Gasteiger partial charge in [-0.3, -0.25) is 0 Å². The van der Waals surface area contributed by atoms with Crippen LogP contribution in [-0.4, -0.2) is 6.11 Å². The van der Waals surface area contributed by atoms with Gasteiger partial charge in [-0.25, -0.2) is 13.2 Å². The molecule has 0 aliphatic heterocycles. The van der Waals surface area contributed by atoms with Crippen LogP contribution in [0.15, 0.2) is 60.7 Å². The number of aryl methyl sites for hydroxylation is 1. The molecule has 0 atom stereocenters. The van der Waals surface area contributed by atoms with Crippen LogP contribution in [0.2, 0.25) is 0 Å². The molecule has 0 bridgehead atoms. The average molecular weight is 533 g/mol. The lowest BCUT2D eigenvalue weighted by molar-refractivity contribution is -0.223. The van der Waals surface area contributed by atoms with Crippen LogP contribution in [0, 0.1) is 35.2 Å². The van der Waals surface area contributed by atoms with Crippen LogP contribution in [-0.2, 0) is 6.42 Å². The number of ether oxygens (including phenoxy) is 1. The van der Waals surface area contributed by atoms with Crippen molar-refractivity contribution in [1.29, 1.82) is 0 Å². The molecule has 1 nitrogen and oxygen atoms in total. The van der Waals surface area contributed by atoms with E-state index in [2.05, 4.69) is 24.3 Å². The first kappa shape index (κ1) is 28.4. The zero-order valence-corrected chi connectivity index (χ0v) is 22.0. The Morgan fingerprint density at radius 3 is 2.05 bits per heavy atom. The molecule has 2 aromatic carbocycles. The lowest BCUT2D eigenvalue weighted by Gasteiger charge is -2.32. The molecule has 0 amide bonds. The summed E-state index contributed by atoms with van der Waals surface area (Å²) in [6, 6.07) is 8.17. The van der Waals surface area contributed by atoms with E-state index >= 15 is 0 Å². The van der Waals surface area contributed by atoms with E-state index in [4.69, 9.17) is 4.74 Å². The monoisotopic (exact) mass is 532 g/mol. The highest BCUT2D eigenvalue weighted by molar-refractivity contribution is 5.28. The molecular weight excluding hydrogens is 495 g/mol. The Morgan fingerprint density at radius 2 is 1.45 bits per heavy atom. The number of rotatable bonds is 9. The maximum atomic E-state index is 14.8. The van der Waals surface area contributed by atoms with Crippen molar-refractivity contribution in [2.45, 2.75) is 83.2 Å². The van der Waals surface area contributed by atoms with Gasteiger partial charge in [0.1, 0.15) is 11.6 Å². The zero-order valence-electron chi connectivity index (χ0n) is 22.0. The van der Waals surface area contributed by atoms with E-state index < -0.39 is 23.7 Å². The van der Waals surface area contributed by atoms with Gasteiger partial charge in [0.25, 0.3) is 0 Å². The fraction of sp³-hybridized carbons (Fsp3) is 0.500. The number of benzene rings is 2. The summed E-state index contributed by atoms with van der Waals surface area (Å²) in [6.07, 6.45) is 12.6. The first-order valence-electron chi connectivity index (χ1n) is 13.8. The lowest BCUT2D eigenvalue weighted by atomic mass is 9.77. The van der Waals surface area contributed by atoms with E-state index in [0.717, 1.165) is 61.8 Å². The Balaban J connectivity index is 1.22. The van der Waals surface area contributed by atoms with Gasteiger partial charge in [0.05, 0.1) is 5.92 Å². The molecule has 0 unspecified atom stereocenters. The fourth-order valence-corrected chi connectivity index (χ4v) is 5.84. The fourth-order valence-electron chi connectivity index (χ4n) is 5.84. The molecular formula is C32H37F5O. The molecule has 6 heteroatoms. The van der Waals surface area contributed by atoms with Gasteiger partial charge in [0.15, 0.2) is 11.6 Å². The third-order valence-corrected chi connectivity index (χ3v) is 8.16. The van der Waals surface area contributed by atoms with Crippen LogP contribution in [0.5, 0.6) is 5.75 Å². The minimum absolute atomic E-state index is 0.0935. The number of halogens is 5. The molecule has 4 rings (SSSR count). The quantitative estimate of drug-likeness (QED) is 0.231. The van der Waals surface area contributed by atoms with E-state index in [0.29, 0.717) is 37.7 Å². The van der Waals surface area contributed by atoms with E-state index in [9.17, 15) is 22.0 Å². The maximum Gasteiger partial charge on any atom is 0.400 e. The highest BCUT2D eigenvalue weighted by Gasteiger charge is 2.43. The smallest absolute Gasteiger partial charge is 0.400 e. The van der Waals surface area contributed by atoms with Gasteiger partial charge in [-0.15, -0.1) is 0 Å². The molecule has 2 aliphatic carbocycles. The van der Waals surface area contributed by atoms with Crippen molar-refractivity contribution in [1.82, 2.24) is 0 Å². The Labute approximate surface area is 222 Å². The molecule has 206 valence electrons. The molecule has 2 aliphatic rings. The molecule has 2 aromatic rings. The van der Waals surface area contributed by atoms with Crippen LogP contribution in [0.4, 0.5) is 22.0 Å². The van der Waals surface area contributed by atoms with E-state index in [1.807, 2.05) is 19.1 Å². The van der Waals surface area contributed by atoms with Crippen molar-refractivity contribution in [3.63, 3.8) is 0 Å². The second kappa shape index (κ2) is 12.9. The van der Waals surface area contributed by atoms with Gasteiger partial charge >= 0.3 is 6.11 Å². The van der Waals surface area contributed by atoms with Gasteiger partial charge in [0, 0.05) is 6.07 Å². The second-order valence-corrected chi connectivity index (χ2v) is 10.8. The molecule has 0 heterocycles. The maximum absolute atomic E-state index is 14.8. The van der Waals surface area contributed by atoms with E-state index in [1.54, 1.807) is 6.07 Å². The third-order valence-electron chi connectivity index (χ3n) is 8.16. The SMILES string of the molecule is C/C=C/CCc1ccc(C2CCC(/C=C/C3CCC(C(F)(F)Oc4ccc(F)c(F)c4)CC3)CC2)c(F)c1. The Morgan fingerprint density at radius 1 is 0.789 bits per heavy atom. The standard InChI is InChI=1S/C32H37F5O/c1-2-3-4-5-24-12-18-28(30(34)20-24)25-13-8-22(9-14-25)6-7-23-10-15-26(16-11-23)32(36,37)38-27-17-19-29(33)31(35)21-27/h2-3,6-7,12,17-23,25-26H,4-5,8-11,13-16H2,1H3/b3-2+,7-6+. The van der Waals surface area contributed by atoms with Crippen LogP contribution in [0.3, 0.4) is 0 Å². The van der Waals surface area contributed by atoms with Crippen molar-refractivity contribution in [3.05, 3.63) is 89.3 Å².